The van der Waals surface area contributed by atoms with Crippen LogP contribution in [0.2, 0.25) is 0 Å². The van der Waals surface area contributed by atoms with Gasteiger partial charge in [-0.15, -0.1) is 0 Å². The third kappa shape index (κ3) is 5.14. The molecular weight excluding hydrogens is 333 g/mol. The van der Waals surface area contributed by atoms with Gasteiger partial charge in [-0.05, 0) is 48.9 Å². The number of rotatable bonds is 7. The fourth-order valence-corrected chi connectivity index (χ4v) is 2.38. The van der Waals surface area contributed by atoms with E-state index in [1.165, 1.54) is 12.1 Å². The fourth-order valence-electron chi connectivity index (χ4n) is 1.97. The second kappa shape index (κ2) is 8.15. The van der Waals surface area contributed by atoms with Crippen molar-refractivity contribution in [3.05, 3.63) is 63.9 Å². The predicted molar refractivity (Wildman–Crippen MR) is 86.9 cm³/mol. The molecule has 0 fully saturated rings. The Hall–Kier alpha value is -1.39. The lowest BCUT2D eigenvalue weighted by Crippen LogP contribution is -2.14. The number of ether oxygens (including phenoxy) is 1. The van der Waals surface area contributed by atoms with Crippen molar-refractivity contribution in [2.24, 2.45) is 0 Å². The highest BCUT2D eigenvalue weighted by Crippen LogP contribution is 2.24. The Kier molecular flexibility index (Phi) is 6.21. The molecule has 0 heterocycles. The van der Waals surface area contributed by atoms with Crippen LogP contribution in [-0.4, -0.2) is 6.54 Å². The molecule has 2 nitrogen and oxygen atoms in total. The fraction of sp³-hybridized carbons (Fsp3) is 0.294. The molecule has 0 unspecified atom stereocenters. The van der Waals surface area contributed by atoms with E-state index < -0.39 is 0 Å². The zero-order chi connectivity index (χ0) is 15.1. The average molecular weight is 352 g/mol. The van der Waals surface area contributed by atoms with E-state index in [0.29, 0.717) is 6.61 Å². The molecule has 0 atom stereocenters. The van der Waals surface area contributed by atoms with Gasteiger partial charge < -0.3 is 10.1 Å². The molecule has 21 heavy (non-hydrogen) atoms. The van der Waals surface area contributed by atoms with Crippen LogP contribution in [-0.2, 0) is 13.2 Å². The third-order valence-corrected chi connectivity index (χ3v) is 3.57. The topological polar surface area (TPSA) is 21.3 Å². The molecule has 0 aliphatic heterocycles. The van der Waals surface area contributed by atoms with Crippen LogP contribution in [0, 0.1) is 5.82 Å². The summed E-state index contributed by atoms with van der Waals surface area (Å²) in [6.07, 6.45) is 1.10. The van der Waals surface area contributed by atoms with Crippen molar-refractivity contribution >= 4 is 15.9 Å². The smallest absolute Gasteiger partial charge is 0.124 e. The van der Waals surface area contributed by atoms with Crippen LogP contribution in [0.5, 0.6) is 5.75 Å². The summed E-state index contributed by atoms with van der Waals surface area (Å²) in [4.78, 5) is 0. The lowest BCUT2D eigenvalue weighted by atomic mass is 10.2. The van der Waals surface area contributed by atoms with Gasteiger partial charge >= 0.3 is 0 Å². The van der Waals surface area contributed by atoms with Crippen LogP contribution >= 0.6 is 15.9 Å². The Balaban J connectivity index is 2.02. The summed E-state index contributed by atoms with van der Waals surface area (Å²) in [6.45, 7) is 4.32. The molecule has 2 aromatic rings. The molecule has 0 aliphatic carbocycles. The van der Waals surface area contributed by atoms with E-state index in [1.54, 1.807) is 12.1 Å². The Bertz CT molecular complexity index is 572. The Morgan fingerprint density at radius 2 is 1.90 bits per heavy atom. The van der Waals surface area contributed by atoms with Crippen molar-refractivity contribution in [1.29, 1.82) is 0 Å². The molecule has 2 rings (SSSR count). The van der Waals surface area contributed by atoms with Crippen LogP contribution in [0.15, 0.2) is 46.9 Å². The van der Waals surface area contributed by atoms with E-state index in [-0.39, 0.29) is 5.82 Å². The summed E-state index contributed by atoms with van der Waals surface area (Å²) in [7, 11) is 0. The van der Waals surface area contributed by atoms with Gasteiger partial charge in [-0.2, -0.15) is 0 Å². The van der Waals surface area contributed by atoms with Crippen LogP contribution in [0.3, 0.4) is 0 Å². The van der Waals surface area contributed by atoms with Crippen LogP contribution < -0.4 is 10.1 Å². The van der Waals surface area contributed by atoms with Crippen LogP contribution in [0.4, 0.5) is 4.39 Å². The Morgan fingerprint density at radius 3 is 2.62 bits per heavy atom. The monoisotopic (exact) mass is 351 g/mol. The summed E-state index contributed by atoms with van der Waals surface area (Å²) >= 11 is 3.48. The minimum atomic E-state index is -0.230. The van der Waals surface area contributed by atoms with Crippen LogP contribution in [0.1, 0.15) is 24.5 Å². The number of hydrogen-bond acceptors (Lipinski definition) is 2. The molecule has 0 spiro atoms. The van der Waals surface area contributed by atoms with Gasteiger partial charge in [0, 0.05) is 16.6 Å². The van der Waals surface area contributed by atoms with Gasteiger partial charge in [-0.25, -0.2) is 4.39 Å². The van der Waals surface area contributed by atoms with Crippen molar-refractivity contribution in [2.45, 2.75) is 26.5 Å². The van der Waals surface area contributed by atoms with Crippen molar-refractivity contribution in [1.82, 2.24) is 5.32 Å². The summed E-state index contributed by atoms with van der Waals surface area (Å²) in [5, 5.41) is 3.37. The minimum Gasteiger partial charge on any atom is -0.489 e. The summed E-state index contributed by atoms with van der Waals surface area (Å²) in [5.74, 6) is 0.623. The SMILES string of the molecule is CCCNCc1cc(Br)ccc1OCc1ccc(F)cc1. The largest absolute Gasteiger partial charge is 0.489 e. The zero-order valence-corrected chi connectivity index (χ0v) is 13.6. The van der Waals surface area contributed by atoms with Gasteiger partial charge in [0.25, 0.3) is 0 Å². The number of nitrogens with one attached hydrogen (secondary N) is 1. The first-order valence-electron chi connectivity index (χ1n) is 7.05. The van der Waals surface area contributed by atoms with E-state index in [4.69, 9.17) is 4.74 Å². The maximum Gasteiger partial charge on any atom is 0.124 e. The van der Waals surface area contributed by atoms with Crippen molar-refractivity contribution < 1.29 is 9.13 Å². The summed E-state index contributed by atoms with van der Waals surface area (Å²) in [5.41, 5.74) is 2.06. The molecule has 1 N–H and O–H groups in total. The maximum atomic E-state index is 12.9. The summed E-state index contributed by atoms with van der Waals surface area (Å²) in [6, 6.07) is 12.4. The highest BCUT2D eigenvalue weighted by molar-refractivity contribution is 9.10. The van der Waals surface area contributed by atoms with Gasteiger partial charge in [-0.3, -0.25) is 0 Å². The first-order chi connectivity index (χ1) is 10.2. The van der Waals surface area contributed by atoms with Gasteiger partial charge in [0.2, 0.25) is 0 Å². The van der Waals surface area contributed by atoms with Gasteiger partial charge in [-0.1, -0.05) is 35.0 Å². The molecule has 0 amide bonds. The van der Waals surface area contributed by atoms with Gasteiger partial charge in [0.05, 0.1) is 0 Å². The predicted octanol–water partition coefficient (Wildman–Crippen LogP) is 4.67. The standard InChI is InChI=1S/C17H19BrFNO/c1-2-9-20-11-14-10-15(18)5-8-17(14)21-12-13-3-6-16(19)7-4-13/h3-8,10,20H,2,9,11-12H2,1H3. The summed E-state index contributed by atoms with van der Waals surface area (Å²) < 4.78 is 19.8. The molecule has 0 aromatic heterocycles. The maximum absolute atomic E-state index is 12.9. The molecule has 0 aliphatic rings. The molecule has 0 saturated heterocycles. The minimum absolute atomic E-state index is 0.230. The Labute approximate surface area is 133 Å². The third-order valence-electron chi connectivity index (χ3n) is 3.07. The number of benzene rings is 2. The van der Waals surface area contributed by atoms with Crippen molar-refractivity contribution in [3.63, 3.8) is 0 Å². The second-order valence-corrected chi connectivity index (χ2v) is 5.76. The normalized spacial score (nSPS) is 10.6. The molecule has 112 valence electrons. The average Bonchev–Trinajstić information content (AvgIpc) is 2.48. The van der Waals surface area contributed by atoms with Crippen molar-refractivity contribution in [2.75, 3.05) is 6.54 Å². The van der Waals surface area contributed by atoms with E-state index >= 15 is 0 Å². The lowest BCUT2D eigenvalue weighted by molar-refractivity contribution is 0.302. The second-order valence-electron chi connectivity index (χ2n) is 4.84. The van der Waals surface area contributed by atoms with E-state index in [9.17, 15) is 4.39 Å². The van der Waals surface area contributed by atoms with Gasteiger partial charge in [0.1, 0.15) is 18.2 Å². The quantitative estimate of drug-likeness (QED) is 0.732. The molecule has 0 saturated carbocycles. The molecule has 0 radical (unpaired) electrons. The van der Waals surface area contributed by atoms with Crippen molar-refractivity contribution in [3.8, 4) is 5.75 Å². The van der Waals surface area contributed by atoms with E-state index in [2.05, 4.69) is 34.2 Å². The molecule has 0 bridgehead atoms. The highest BCUT2D eigenvalue weighted by Gasteiger charge is 2.05. The van der Waals surface area contributed by atoms with E-state index in [1.807, 2.05) is 12.1 Å². The molecular formula is C17H19BrFNO. The van der Waals surface area contributed by atoms with Gasteiger partial charge in [0.15, 0.2) is 0 Å². The molecule has 2 aromatic carbocycles. The number of hydrogen-bond donors (Lipinski definition) is 1. The lowest BCUT2D eigenvalue weighted by Gasteiger charge is -2.13. The van der Waals surface area contributed by atoms with Crippen LogP contribution in [0.25, 0.3) is 0 Å². The zero-order valence-electron chi connectivity index (χ0n) is 12.0. The Morgan fingerprint density at radius 1 is 1.14 bits per heavy atom. The first kappa shape index (κ1) is 16.0. The highest BCUT2D eigenvalue weighted by atomic mass is 79.9. The first-order valence-corrected chi connectivity index (χ1v) is 7.84. The number of halogens is 2. The molecule has 4 heteroatoms. The van der Waals surface area contributed by atoms with E-state index in [0.717, 1.165) is 40.9 Å².